The minimum absolute atomic E-state index is 0.0620. The molecule has 1 aliphatic rings. The molecule has 0 unspecified atom stereocenters. The number of carbonyl (C=O) groups excluding carboxylic acids is 3. The lowest BCUT2D eigenvalue weighted by Gasteiger charge is -2.22. The summed E-state index contributed by atoms with van der Waals surface area (Å²) in [7, 11) is 0. The van der Waals surface area contributed by atoms with Crippen molar-refractivity contribution in [1.82, 2.24) is 0 Å². The molecule has 2 N–H and O–H groups in total. The Bertz CT molecular complexity index is 1300. The van der Waals surface area contributed by atoms with E-state index in [1.54, 1.807) is 30.3 Å². The highest BCUT2D eigenvalue weighted by Crippen LogP contribution is 2.43. The van der Waals surface area contributed by atoms with Crippen LogP contribution in [0, 0.1) is 11.6 Å². The second-order valence-electron chi connectivity index (χ2n) is 6.76. The van der Waals surface area contributed by atoms with Gasteiger partial charge in [-0.3, -0.25) is 9.59 Å². The lowest BCUT2D eigenvalue weighted by atomic mass is 9.81. The molecular formula is C23H14F2O6S. The lowest BCUT2D eigenvalue weighted by Crippen LogP contribution is -2.25. The van der Waals surface area contributed by atoms with E-state index in [1.807, 2.05) is 0 Å². The third-order valence-corrected chi connectivity index (χ3v) is 5.86. The predicted octanol–water partition coefficient (Wildman–Crippen LogP) is 4.48. The summed E-state index contributed by atoms with van der Waals surface area (Å²) in [6, 6.07) is 9.98. The van der Waals surface area contributed by atoms with Gasteiger partial charge in [0.25, 0.3) is 0 Å². The number of phenols is 2. The van der Waals surface area contributed by atoms with Gasteiger partial charge < -0.3 is 14.9 Å². The van der Waals surface area contributed by atoms with Crippen LogP contribution in [-0.4, -0.2) is 34.4 Å². The zero-order valence-electron chi connectivity index (χ0n) is 16.4. The van der Waals surface area contributed by atoms with Crippen molar-refractivity contribution in [2.24, 2.45) is 0 Å². The van der Waals surface area contributed by atoms with Gasteiger partial charge in [0.2, 0.25) is 11.6 Å². The van der Waals surface area contributed by atoms with E-state index in [0.717, 1.165) is 23.9 Å². The molecular weight excluding hydrogens is 442 g/mol. The zero-order chi connectivity index (χ0) is 23.2. The number of aromatic hydroxyl groups is 2. The summed E-state index contributed by atoms with van der Waals surface area (Å²) in [5.74, 6) is -7.59. The smallest absolute Gasteiger partial charge is 0.342 e. The van der Waals surface area contributed by atoms with Gasteiger partial charge in [-0.2, -0.15) is 0 Å². The Kier molecular flexibility index (Phi) is 5.43. The molecule has 9 heteroatoms. The Morgan fingerprint density at radius 1 is 0.969 bits per heavy atom. The van der Waals surface area contributed by atoms with Crippen molar-refractivity contribution in [2.45, 2.75) is 16.7 Å². The topological polar surface area (TPSA) is 101 Å². The molecule has 0 aliphatic heterocycles. The van der Waals surface area contributed by atoms with E-state index >= 15 is 4.39 Å². The fourth-order valence-corrected chi connectivity index (χ4v) is 4.35. The Balaban J connectivity index is 1.91. The molecule has 0 amide bonds. The van der Waals surface area contributed by atoms with Crippen molar-refractivity contribution < 1.29 is 38.1 Å². The number of hydrogen-bond acceptors (Lipinski definition) is 7. The molecule has 0 atom stereocenters. The fraction of sp³-hybridized carbons (Fsp3) is 0.0870. The molecule has 0 bridgehead atoms. The number of hydrogen-bond donors (Lipinski definition) is 2. The quantitative estimate of drug-likeness (QED) is 0.345. The maximum absolute atomic E-state index is 15.3. The molecule has 0 saturated carbocycles. The normalized spacial score (nSPS) is 12.3. The minimum Gasteiger partial charge on any atom is -0.507 e. The number of rotatable bonds is 4. The molecule has 162 valence electrons. The summed E-state index contributed by atoms with van der Waals surface area (Å²) in [4.78, 5) is 38.5. The molecule has 0 spiro atoms. The SMILES string of the molecule is CCOC(=O)c1cc(O)c2c(c1O)C(=O)c1c(F)cc(Sc3ccccc3)c(F)c1C2=O. The van der Waals surface area contributed by atoms with Crippen LogP contribution in [0.5, 0.6) is 11.5 Å². The molecule has 0 aromatic heterocycles. The highest BCUT2D eigenvalue weighted by Gasteiger charge is 2.41. The second kappa shape index (κ2) is 8.08. The third kappa shape index (κ3) is 3.31. The van der Waals surface area contributed by atoms with Gasteiger partial charge in [0.1, 0.15) is 28.7 Å². The Labute approximate surface area is 184 Å². The first-order valence-corrected chi connectivity index (χ1v) is 10.2. The summed E-state index contributed by atoms with van der Waals surface area (Å²) < 4.78 is 35.0. The molecule has 6 nitrogen and oxygen atoms in total. The number of ether oxygens (including phenoxy) is 1. The van der Waals surface area contributed by atoms with Crippen molar-refractivity contribution in [3.63, 3.8) is 0 Å². The monoisotopic (exact) mass is 456 g/mol. The molecule has 3 aromatic rings. The van der Waals surface area contributed by atoms with E-state index in [2.05, 4.69) is 0 Å². The first kappa shape index (κ1) is 21.5. The number of esters is 1. The van der Waals surface area contributed by atoms with Gasteiger partial charge >= 0.3 is 5.97 Å². The summed E-state index contributed by atoms with van der Waals surface area (Å²) in [6.07, 6.45) is 0. The van der Waals surface area contributed by atoms with Gasteiger partial charge in [-0.15, -0.1) is 0 Å². The highest BCUT2D eigenvalue weighted by molar-refractivity contribution is 7.99. The summed E-state index contributed by atoms with van der Waals surface area (Å²) in [5.41, 5.74) is -3.81. The van der Waals surface area contributed by atoms with Crippen LogP contribution in [-0.2, 0) is 4.74 Å². The van der Waals surface area contributed by atoms with Crippen molar-refractivity contribution in [3.05, 3.63) is 81.9 Å². The number of halogens is 2. The van der Waals surface area contributed by atoms with Crippen LogP contribution in [0.1, 0.15) is 49.1 Å². The number of fused-ring (bicyclic) bond motifs is 2. The highest BCUT2D eigenvalue weighted by atomic mass is 32.2. The summed E-state index contributed by atoms with van der Waals surface area (Å²) in [6.45, 7) is 1.44. The predicted molar refractivity (Wildman–Crippen MR) is 110 cm³/mol. The average Bonchev–Trinajstić information content (AvgIpc) is 2.76. The van der Waals surface area contributed by atoms with Crippen molar-refractivity contribution >= 4 is 29.3 Å². The maximum atomic E-state index is 15.3. The van der Waals surface area contributed by atoms with Crippen molar-refractivity contribution in [1.29, 1.82) is 0 Å². The molecule has 0 heterocycles. The average molecular weight is 456 g/mol. The Hall–Kier alpha value is -3.72. The van der Waals surface area contributed by atoms with Crippen LogP contribution in [0.2, 0.25) is 0 Å². The van der Waals surface area contributed by atoms with Crippen LogP contribution in [0.25, 0.3) is 0 Å². The molecule has 4 rings (SSSR count). The fourth-order valence-electron chi connectivity index (χ4n) is 3.45. The van der Waals surface area contributed by atoms with Crippen LogP contribution < -0.4 is 0 Å². The van der Waals surface area contributed by atoms with Crippen molar-refractivity contribution in [2.75, 3.05) is 6.61 Å². The second-order valence-corrected chi connectivity index (χ2v) is 7.87. The van der Waals surface area contributed by atoms with Gasteiger partial charge in [-0.25, -0.2) is 13.6 Å². The number of carbonyl (C=O) groups is 3. The standard InChI is InChI=1S/C23H14F2O6S/c1-2-31-23(30)11-8-13(26)16-18(20(11)27)21(28)15-12(24)9-14(19(25)17(15)22(16)29)32-10-6-4-3-5-7-10/h3-9,26-27H,2H2,1H3. The van der Waals surface area contributed by atoms with E-state index in [9.17, 15) is 29.0 Å². The van der Waals surface area contributed by atoms with E-state index in [-0.39, 0.29) is 11.5 Å². The molecule has 0 radical (unpaired) electrons. The molecule has 1 aliphatic carbocycles. The summed E-state index contributed by atoms with van der Waals surface area (Å²) in [5, 5.41) is 20.8. The Morgan fingerprint density at radius 3 is 2.28 bits per heavy atom. The number of ketones is 2. The molecule has 0 fully saturated rings. The van der Waals surface area contributed by atoms with Gasteiger partial charge in [-0.1, -0.05) is 30.0 Å². The van der Waals surface area contributed by atoms with Gasteiger partial charge in [0.15, 0.2) is 0 Å². The van der Waals surface area contributed by atoms with E-state index in [1.165, 1.54) is 6.92 Å². The van der Waals surface area contributed by atoms with E-state index in [0.29, 0.717) is 4.90 Å². The first-order chi connectivity index (χ1) is 15.3. The van der Waals surface area contributed by atoms with Crippen LogP contribution >= 0.6 is 11.8 Å². The molecule has 0 saturated heterocycles. The number of benzene rings is 3. The third-order valence-electron chi connectivity index (χ3n) is 4.84. The van der Waals surface area contributed by atoms with E-state index < -0.39 is 68.5 Å². The van der Waals surface area contributed by atoms with Gasteiger partial charge in [-0.05, 0) is 31.2 Å². The first-order valence-electron chi connectivity index (χ1n) is 9.36. The molecule has 32 heavy (non-hydrogen) atoms. The number of phenolic OH excluding ortho intramolecular Hbond substituents is 2. The Morgan fingerprint density at radius 2 is 1.62 bits per heavy atom. The van der Waals surface area contributed by atoms with Crippen LogP contribution in [0.4, 0.5) is 8.78 Å². The zero-order valence-corrected chi connectivity index (χ0v) is 17.3. The lowest BCUT2D eigenvalue weighted by molar-refractivity contribution is 0.0522. The van der Waals surface area contributed by atoms with Crippen molar-refractivity contribution in [3.8, 4) is 11.5 Å². The molecule has 3 aromatic carbocycles. The van der Waals surface area contributed by atoms with Crippen LogP contribution in [0.15, 0.2) is 52.3 Å². The largest absolute Gasteiger partial charge is 0.507 e. The van der Waals surface area contributed by atoms with Gasteiger partial charge in [0.05, 0.1) is 33.8 Å². The minimum atomic E-state index is -1.23. The van der Waals surface area contributed by atoms with E-state index in [4.69, 9.17) is 4.74 Å². The van der Waals surface area contributed by atoms with Gasteiger partial charge in [0, 0.05) is 4.90 Å². The van der Waals surface area contributed by atoms with Crippen LogP contribution in [0.3, 0.4) is 0 Å². The summed E-state index contributed by atoms with van der Waals surface area (Å²) >= 11 is 0.853. The maximum Gasteiger partial charge on any atom is 0.342 e.